The number of hydrogen-bond donors (Lipinski definition) is 2. The number of guanidine groups is 1. The lowest BCUT2D eigenvalue weighted by Crippen LogP contribution is -2.45. The number of rotatable bonds is 9. The normalized spacial score (nSPS) is 19.6. The highest BCUT2D eigenvalue weighted by molar-refractivity contribution is 5.84. The maximum Gasteiger partial charge on any atom is 0.243 e. The summed E-state index contributed by atoms with van der Waals surface area (Å²) in [5.74, 6) is 1.54. The average molecular weight is 396 g/mol. The Morgan fingerprint density at radius 2 is 1.86 bits per heavy atom. The van der Waals surface area contributed by atoms with Crippen molar-refractivity contribution in [2.45, 2.75) is 46.0 Å². The second kappa shape index (κ2) is 11.6. The van der Waals surface area contributed by atoms with Crippen molar-refractivity contribution < 1.29 is 9.53 Å². The molecule has 2 rings (SSSR count). The summed E-state index contributed by atoms with van der Waals surface area (Å²) in [4.78, 5) is 20.5. The lowest BCUT2D eigenvalue weighted by Gasteiger charge is -2.32. The van der Waals surface area contributed by atoms with Gasteiger partial charge in [0.25, 0.3) is 0 Å². The Hall–Kier alpha value is -1.34. The Bertz CT molecular complexity index is 495. The maximum absolute atomic E-state index is 11.9. The first kappa shape index (κ1) is 22.9. The van der Waals surface area contributed by atoms with Crippen LogP contribution in [0.3, 0.4) is 0 Å². The van der Waals surface area contributed by atoms with Gasteiger partial charge in [0.2, 0.25) is 5.91 Å². The molecule has 2 fully saturated rings. The molecule has 1 aliphatic carbocycles. The van der Waals surface area contributed by atoms with Gasteiger partial charge in [0.1, 0.15) is 6.54 Å². The van der Waals surface area contributed by atoms with Gasteiger partial charge in [0.15, 0.2) is 5.96 Å². The minimum atomic E-state index is 0.0180. The van der Waals surface area contributed by atoms with E-state index >= 15 is 0 Å². The fourth-order valence-electron chi connectivity index (χ4n) is 3.96. The molecule has 0 radical (unpaired) electrons. The Kier molecular flexibility index (Phi) is 9.51. The fourth-order valence-corrected chi connectivity index (χ4v) is 3.96. The molecule has 1 aliphatic heterocycles. The first-order valence-electron chi connectivity index (χ1n) is 10.9. The average Bonchev–Trinajstić information content (AvgIpc) is 3.23. The van der Waals surface area contributed by atoms with Crippen LogP contribution in [0.15, 0.2) is 4.99 Å². The molecule has 0 atom stereocenters. The van der Waals surface area contributed by atoms with E-state index in [0.29, 0.717) is 0 Å². The van der Waals surface area contributed by atoms with Gasteiger partial charge in [-0.25, -0.2) is 4.99 Å². The lowest BCUT2D eigenvalue weighted by molar-refractivity contribution is -0.127. The zero-order valence-electron chi connectivity index (χ0n) is 18.4. The van der Waals surface area contributed by atoms with Crippen LogP contribution in [-0.2, 0) is 9.53 Å². The van der Waals surface area contributed by atoms with Gasteiger partial charge in [-0.05, 0) is 37.1 Å². The highest BCUT2D eigenvalue weighted by Gasteiger charge is 2.31. The van der Waals surface area contributed by atoms with Crippen molar-refractivity contribution in [3.8, 4) is 0 Å². The second-order valence-electron chi connectivity index (χ2n) is 9.01. The highest BCUT2D eigenvalue weighted by atomic mass is 16.5. The van der Waals surface area contributed by atoms with E-state index in [9.17, 15) is 4.79 Å². The van der Waals surface area contributed by atoms with Gasteiger partial charge >= 0.3 is 0 Å². The summed E-state index contributed by atoms with van der Waals surface area (Å²) in [5, 5.41) is 6.93. The Balaban J connectivity index is 1.81. The van der Waals surface area contributed by atoms with Crippen molar-refractivity contribution in [1.82, 2.24) is 20.4 Å². The topological polar surface area (TPSA) is 69.2 Å². The zero-order chi connectivity index (χ0) is 20.4. The van der Waals surface area contributed by atoms with E-state index in [-0.39, 0.29) is 17.9 Å². The van der Waals surface area contributed by atoms with Gasteiger partial charge in [-0.2, -0.15) is 0 Å². The number of nitrogens with zero attached hydrogens (tertiary/aromatic N) is 3. The van der Waals surface area contributed by atoms with Crippen LogP contribution in [0.1, 0.15) is 46.0 Å². The van der Waals surface area contributed by atoms with Gasteiger partial charge in [-0.3, -0.25) is 9.69 Å². The monoisotopic (exact) mass is 395 g/mol. The summed E-state index contributed by atoms with van der Waals surface area (Å²) in [5.41, 5.74) is 0.234. The zero-order valence-corrected chi connectivity index (χ0v) is 18.4. The number of morpholine rings is 1. The van der Waals surface area contributed by atoms with Crippen molar-refractivity contribution in [3.63, 3.8) is 0 Å². The van der Waals surface area contributed by atoms with Gasteiger partial charge < -0.3 is 20.3 Å². The smallest absolute Gasteiger partial charge is 0.243 e. The van der Waals surface area contributed by atoms with Gasteiger partial charge in [0, 0.05) is 40.3 Å². The predicted molar refractivity (Wildman–Crippen MR) is 115 cm³/mol. The van der Waals surface area contributed by atoms with Gasteiger partial charge in [-0.15, -0.1) is 0 Å². The third kappa shape index (κ3) is 7.95. The minimum Gasteiger partial charge on any atom is -0.379 e. The molecule has 2 N–H and O–H groups in total. The van der Waals surface area contributed by atoms with Crippen LogP contribution in [0.5, 0.6) is 0 Å². The van der Waals surface area contributed by atoms with Crippen molar-refractivity contribution in [1.29, 1.82) is 0 Å². The summed E-state index contributed by atoms with van der Waals surface area (Å²) >= 11 is 0. The minimum absolute atomic E-state index is 0.0180. The maximum atomic E-state index is 11.9. The first-order chi connectivity index (χ1) is 13.4. The number of carbonyl (C=O) groups excluding carboxylic acids is 1. The van der Waals surface area contributed by atoms with E-state index in [2.05, 4.69) is 34.4 Å². The molecule has 1 amide bonds. The van der Waals surface area contributed by atoms with Crippen molar-refractivity contribution in [2.75, 3.05) is 66.6 Å². The van der Waals surface area contributed by atoms with E-state index in [0.717, 1.165) is 64.2 Å². The van der Waals surface area contributed by atoms with E-state index in [4.69, 9.17) is 4.74 Å². The quantitative estimate of drug-likeness (QED) is 0.352. The molecule has 7 heteroatoms. The standard InChI is InChI=1S/C21H41N5O2/c1-21(2,18-8-5-6-9-18)17-24-20(23-16-19(27)25(3)4)22-10-7-11-26-12-14-28-15-13-26/h18H,5-17H2,1-4H3,(H2,22,23,24). The molecule has 0 bridgehead atoms. The summed E-state index contributed by atoms with van der Waals surface area (Å²) in [6, 6.07) is 0. The van der Waals surface area contributed by atoms with Crippen molar-refractivity contribution in [3.05, 3.63) is 0 Å². The lowest BCUT2D eigenvalue weighted by atomic mass is 9.78. The summed E-state index contributed by atoms with van der Waals surface area (Å²) in [6.07, 6.45) is 6.41. The molecule has 1 saturated heterocycles. The van der Waals surface area contributed by atoms with Crippen LogP contribution in [0.25, 0.3) is 0 Å². The van der Waals surface area contributed by atoms with Crippen LogP contribution in [0, 0.1) is 11.3 Å². The number of likely N-dealkylation sites (N-methyl/N-ethyl adjacent to an activating group) is 1. The molecule has 0 unspecified atom stereocenters. The molecule has 0 aromatic carbocycles. The molecular formula is C21H41N5O2. The number of hydrogen-bond acceptors (Lipinski definition) is 4. The van der Waals surface area contributed by atoms with Crippen molar-refractivity contribution >= 4 is 11.9 Å². The van der Waals surface area contributed by atoms with Crippen LogP contribution in [0.2, 0.25) is 0 Å². The van der Waals surface area contributed by atoms with E-state index in [1.165, 1.54) is 25.7 Å². The second-order valence-corrected chi connectivity index (χ2v) is 9.01. The van der Waals surface area contributed by atoms with Crippen LogP contribution < -0.4 is 10.6 Å². The van der Waals surface area contributed by atoms with Crippen LogP contribution in [0.4, 0.5) is 0 Å². The Labute approximate surface area is 171 Å². The van der Waals surface area contributed by atoms with Crippen LogP contribution in [-0.4, -0.2) is 88.2 Å². The third-order valence-corrected chi connectivity index (χ3v) is 6.09. The SMILES string of the molecule is CN(C)C(=O)CN=C(NCCCN1CCOCC1)NCC(C)(C)C1CCCC1. The Morgan fingerprint density at radius 1 is 1.18 bits per heavy atom. The summed E-state index contributed by atoms with van der Waals surface area (Å²) in [6.45, 7) is 11.4. The molecular weight excluding hydrogens is 354 g/mol. The number of carbonyl (C=O) groups is 1. The molecule has 0 spiro atoms. The van der Waals surface area contributed by atoms with E-state index in [1.54, 1.807) is 19.0 Å². The molecule has 28 heavy (non-hydrogen) atoms. The molecule has 0 aromatic rings. The number of nitrogens with one attached hydrogen (secondary N) is 2. The first-order valence-corrected chi connectivity index (χ1v) is 10.9. The summed E-state index contributed by atoms with van der Waals surface area (Å²) < 4.78 is 5.40. The molecule has 0 aromatic heterocycles. The third-order valence-electron chi connectivity index (χ3n) is 6.09. The predicted octanol–water partition coefficient (Wildman–Crippen LogP) is 1.55. The number of amides is 1. The van der Waals surface area contributed by atoms with E-state index in [1.807, 2.05) is 0 Å². The fraction of sp³-hybridized carbons (Fsp3) is 0.905. The number of aliphatic imine (C=N–C) groups is 1. The largest absolute Gasteiger partial charge is 0.379 e. The summed E-state index contributed by atoms with van der Waals surface area (Å²) in [7, 11) is 3.54. The van der Waals surface area contributed by atoms with Crippen LogP contribution >= 0.6 is 0 Å². The molecule has 162 valence electrons. The molecule has 7 nitrogen and oxygen atoms in total. The van der Waals surface area contributed by atoms with Gasteiger partial charge in [-0.1, -0.05) is 26.7 Å². The molecule has 1 saturated carbocycles. The molecule has 1 heterocycles. The number of ether oxygens (including phenoxy) is 1. The highest BCUT2D eigenvalue weighted by Crippen LogP contribution is 2.38. The van der Waals surface area contributed by atoms with E-state index < -0.39 is 0 Å². The molecule has 2 aliphatic rings. The van der Waals surface area contributed by atoms with Crippen molar-refractivity contribution in [2.24, 2.45) is 16.3 Å². The Morgan fingerprint density at radius 3 is 2.50 bits per heavy atom. The van der Waals surface area contributed by atoms with Gasteiger partial charge in [0.05, 0.1) is 13.2 Å².